The van der Waals surface area contributed by atoms with Gasteiger partial charge in [0, 0.05) is 47.9 Å². The van der Waals surface area contributed by atoms with Crippen LogP contribution in [0.3, 0.4) is 0 Å². The number of amides is 2. The summed E-state index contributed by atoms with van der Waals surface area (Å²) in [5, 5.41) is 23.4. The quantitative estimate of drug-likeness (QED) is 0.0361. The number of esters is 2. The second-order valence-electron chi connectivity index (χ2n) is 17.6. The molecule has 0 aliphatic rings. The minimum absolute atomic E-state index is 0.0259. The molecular weight excluding hydrogens is 833 g/mol. The van der Waals surface area contributed by atoms with Crippen molar-refractivity contribution >= 4 is 53.1 Å². The summed E-state index contributed by atoms with van der Waals surface area (Å²) in [4.78, 5) is 73.5. The third-order valence-electron chi connectivity index (χ3n) is 11.5. The molecule has 1 rings (SSSR count). The zero-order valence-electron chi connectivity index (χ0n) is 39.9. The van der Waals surface area contributed by atoms with Gasteiger partial charge in [0.1, 0.15) is 18.8 Å². The molecule has 0 bridgehead atoms. The van der Waals surface area contributed by atoms with Crippen molar-refractivity contribution in [1.82, 2.24) is 5.32 Å². The van der Waals surface area contributed by atoms with Gasteiger partial charge in [-0.25, -0.2) is 4.79 Å². The van der Waals surface area contributed by atoms with Gasteiger partial charge in [0.25, 0.3) is 5.91 Å². The van der Waals surface area contributed by atoms with Gasteiger partial charge >= 0.3 is 23.9 Å². The van der Waals surface area contributed by atoms with Gasteiger partial charge in [-0.2, -0.15) is 11.8 Å². The number of carboxylic acids is 2. The summed E-state index contributed by atoms with van der Waals surface area (Å²) in [6.07, 6.45) is 31.1. The zero-order valence-corrected chi connectivity index (χ0v) is 40.8. The Labute approximate surface area is 390 Å². The molecule has 0 fully saturated rings. The average Bonchev–Trinajstić information content (AvgIpc) is 3.27. The molecule has 0 heterocycles. The van der Waals surface area contributed by atoms with Crippen LogP contribution in [-0.2, 0) is 33.4 Å². The molecule has 12 nitrogen and oxygen atoms in total. The van der Waals surface area contributed by atoms with Gasteiger partial charge < -0.3 is 30.3 Å². The highest BCUT2D eigenvalue weighted by molar-refractivity contribution is 7.99. The highest BCUT2D eigenvalue weighted by Gasteiger charge is 2.23. The lowest BCUT2D eigenvalue weighted by molar-refractivity contribution is -0.157. The summed E-state index contributed by atoms with van der Waals surface area (Å²) >= 11 is 1.44. The van der Waals surface area contributed by atoms with Crippen molar-refractivity contribution in [3.63, 3.8) is 0 Å². The SMILES string of the molecule is CCCCCCCCCCCCCCCC(=O)OCC(CSCC(C)C(=O)Nc1ccc(C(=O)N[C@@H](CCC(=O)O)C(=O)O)cc1)OC(=O)CCCCCCCCCCCCCCC. The number of carbonyl (C=O) groups excluding carboxylic acids is 4. The zero-order chi connectivity index (χ0) is 47.0. The first kappa shape index (κ1) is 58.4. The van der Waals surface area contributed by atoms with Gasteiger partial charge in [-0.15, -0.1) is 0 Å². The summed E-state index contributed by atoms with van der Waals surface area (Å²) in [5.41, 5.74) is 0.595. The minimum atomic E-state index is -1.35. The lowest BCUT2D eigenvalue weighted by Gasteiger charge is -2.19. The van der Waals surface area contributed by atoms with E-state index in [9.17, 15) is 33.9 Å². The molecule has 2 amide bonds. The van der Waals surface area contributed by atoms with Gasteiger partial charge in [-0.05, 0) is 43.5 Å². The molecular formula is C51H86N2O10S. The van der Waals surface area contributed by atoms with E-state index in [4.69, 9.17) is 14.6 Å². The molecule has 0 spiro atoms. The molecule has 13 heteroatoms. The number of hydrogen-bond donors (Lipinski definition) is 4. The minimum Gasteiger partial charge on any atom is -0.481 e. The largest absolute Gasteiger partial charge is 0.481 e. The number of unbranched alkanes of at least 4 members (excludes halogenated alkanes) is 24. The van der Waals surface area contributed by atoms with Crippen molar-refractivity contribution in [2.75, 3.05) is 23.4 Å². The van der Waals surface area contributed by atoms with Gasteiger partial charge in [0.2, 0.25) is 5.91 Å². The maximum atomic E-state index is 13.0. The fourth-order valence-electron chi connectivity index (χ4n) is 7.38. The molecule has 0 saturated heterocycles. The second kappa shape index (κ2) is 39.7. The third-order valence-corrected chi connectivity index (χ3v) is 12.8. The molecule has 0 saturated carbocycles. The lowest BCUT2D eigenvalue weighted by atomic mass is 10.0. The molecule has 3 atom stereocenters. The topological polar surface area (TPSA) is 185 Å². The summed E-state index contributed by atoms with van der Waals surface area (Å²) in [6.45, 7) is 6.24. The van der Waals surface area contributed by atoms with E-state index in [1.165, 1.54) is 164 Å². The predicted molar refractivity (Wildman–Crippen MR) is 259 cm³/mol. The Morgan fingerprint density at radius 3 is 1.45 bits per heavy atom. The van der Waals surface area contributed by atoms with Gasteiger partial charge in [-0.3, -0.25) is 24.0 Å². The third kappa shape index (κ3) is 33.0. The van der Waals surface area contributed by atoms with Crippen molar-refractivity contribution in [1.29, 1.82) is 0 Å². The smallest absolute Gasteiger partial charge is 0.326 e. The first-order chi connectivity index (χ1) is 31.0. The molecule has 0 aromatic heterocycles. The number of aliphatic carboxylic acids is 2. The Hall–Kier alpha value is -3.61. The first-order valence-corrected chi connectivity index (χ1v) is 26.2. The highest BCUT2D eigenvalue weighted by Crippen LogP contribution is 2.19. The van der Waals surface area contributed by atoms with Crippen molar-refractivity contribution in [3.8, 4) is 0 Å². The summed E-state index contributed by atoms with van der Waals surface area (Å²) in [7, 11) is 0. The fourth-order valence-corrected chi connectivity index (χ4v) is 8.45. The first-order valence-electron chi connectivity index (χ1n) is 25.1. The molecule has 0 radical (unpaired) electrons. The van der Waals surface area contributed by atoms with Crippen LogP contribution in [0.25, 0.3) is 0 Å². The monoisotopic (exact) mass is 919 g/mol. The van der Waals surface area contributed by atoms with E-state index < -0.39 is 42.3 Å². The predicted octanol–water partition coefficient (Wildman–Crippen LogP) is 12.5. The number of nitrogens with one attached hydrogen (secondary N) is 2. The van der Waals surface area contributed by atoms with Crippen LogP contribution in [0.5, 0.6) is 0 Å². The maximum Gasteiger partial charge on any atom is 0.326 e. The van der Waals surface area contributed by atoms with E-state index in [2.05, 4.69) is 24.5 Å². The number of hydrogen-bond acceptors (Lipinski definition) is 9. The number of carbonyl (C=O) groups is 6. The van der Waals surface area contributed by atoms with Gasteiger partial charge in [0.05, 0.1) is 0 Å². The second-order valence-corrected chi connectivity index (χ2v) is 18.7. The van der Waals surface area contributed by atoms with E-state index in [1.807, 2.05) is 0 Å². The van der Waals surface area contributed by atoms with E-state index in [-0.39, 0.29) is 36.4 Å². The Morgan fingerprint density at radius 1 is 0.578 bits per heavy atom. The summed E-state index contributed by atoms with van der Waals surface area (Å²) < 4.78 is 11.4. The van der Waals surface area contributed by atoms with Crippen molar-refractivity contribution in [2.45, 2.75) is 226 Å². The molecule has 1 aromatic carbocycles. The van der Waals surface area contributed by atoms with Crippen LogP contribution in [-0.4, -0.2) is 76.2 Å². The molecule has 64 heavy (non-hydrogen) atoms. The number of benzene rings is 1. The Kier molecular flexibility index (Phi) is 36.3. The number of carboxylic acid groups (broad SMARTS) is 2. The molecule has 0 aliphatic heterocycles. The van der Waals surface area contributed by atoms with Crippen molar-refractivity contribution in [2.24, 2.45) is 5.92 Å². The highest BCUT2D eigenvalue weighted by atomic mass is 32.2. The maximum absolute atomic E-state index is 13.0. The number of anilines is 1. The van der Waals surface area contributed by atoms with Crippen molar-refractivity contribution < 1.29 is 48.5 Å². The Balaban J connectivity index is 2.54. The van der Waals surface area contributed by atoms with Crippen LogP contribution in [0.4, 0.5) is 5.69 Å². The van der Waals surface area contributed by atoms with E-state index in [0.29, 0.717) is 30.0 Å². The van der Waals surface area contributed by atoms with Gasteiger partial charge in [0.15, 0.2) is 0 Å². The van der Waals surface area contributed by atoms with Crippen LogP contribution in [0, 0.1) is 5.92 Å². The van der Waals surface area contributed by atoms with Crippen LogP contribution in [0.2, 0.25) is 0 Å². The fraction of sp³-hybridized carbons (Fsp3) is 0.765. The Bertz CT molecular complexity index is 1410. The average molecular weight is 919 g/mol. The molecule has 0 aliphatic carbocycles. The summed E-state index contributed by atoms with van der Waals surface area (Å²) in [6, 6.07) is 4.58. The molecule has 4 N–H and O–H groups in total. The summed E-state index contributed by atoms with van der Waals surface area (Å²) in [5.74, 6) is -3.68. The van der Waals surface area contributed by atoms with E-state index in [0.717, 1.165) is 38.5 Å². The van der Waals surface area contributed by atoms with Crippen molar-refractivity contribution in [3.05, 3.63) is 29.8 Å². The van der Waals surface area contributed by atoms with Gasteiger partial charge in [-0.1, -0.05) is 175 Å². The molecule has 1 aromatic rings. The Morgan fingerprint density at radius 2 is 1.02 bits per heavy atom. The van der Waals surface area contributed by atoms with Crippen LogP contribution >= 0.6 is 11.8 Å². The van der Waals surface area contributed by atoms with Crippen LogP contribution in [0.15, 0.2) is 24.3 Å². The number of thioether (sulfide) groups is 1. The number of rotatable bonds is 43. The number of ether oxygens (including phenoxy) is 2. The lowest BCUT2D eigenvalue weighted by Crippen LogP contribution is -2.41. The molecule has 2 unspecified atom stereocenters. The van der Waals surface area contributed by atoms with Crippen LogP contribution in [0.1, 0.15) is 224 Å². The standard InChI is InChI=1S/C51H86N2O10S/c1-4-6-8-10-12-14-16-18-20-22-24-26-28-30-47(56)62-38-44(63-48(57)31-29-27-25-23-21-19-17-15-13-11-9-7-5-2)40-64-39-41(3)49(58)52-43-34-32-42(33-35-43)50(59)53-45(51(60)61)36-37-46(54)55/h32-35,41,44-45H,4-31,36-40H2,1-3H3,(H,52,58)(H,53,59)(H,54,55)(H,60,61)/t41?,44?,45-/m0/s1. The van der Waals surface area contributed by atoms with E-state index >= 15 is 0 Å². The van der Waals surface area contributed by atoms with Crippen LogP contribution < -0.4 is 10.6 Å². The normalized spacial score (nSPS) is 12.5. The molecule has 366 valence electrons. The van der Waals surface area contributed by atoms with E-state index in [1.54, 1.807) is 6.92 Å².